The maximum absolute atomic E-state index is 12.4. The average Bonchev–Trinajstić information content (AvgIpc) is 2.49. The second-order valence-electron chi connectivity index (χ2n) is 6.32. The number of amides is 1. The van der Waals surface area contributed by atoms with Crippen LogP contribution in [0, 0.1) is 11.3 Å². The minimum atomic E-state index is -0.329. The van der Waals surface area contributed by atoms with Crippen LogP contribution in [0.3, 0.4) is 0 Å². The first kappa shape index (κ1) is 14.1. The molecular weight excluding hydrogens is 260 g/mol. The van der Waals surface area contributed by atoms with Gasteiger partial charge in [0.05, 0.1) is 5.41 Å². The number of carbonyl (C=O) groups excluding carboxylic acids is 1. The van der Waals surface area contributed by atoms with E-state index in [0.717, 1.165) is 18.4 Å². The molecule has 1 aliphatic carbocycles. The van der Waals surface area contributed by atoms with Gasteiger partial charge in [-0.25, -0.2) is 0 Å². The van der Waals surface area contributed by atoms with Gasteiger partial charge in [0.1, 0.15) is 0 Å². The Morgan fingerprint density at radius 3 is 2.67 bits per heavy atom. The molecule has 0 aromatic heterocycles. The van der Waals surface area contributed by atoms with Gasteiger partial charge < -0.3 is 11.1 Å². The van der Waals surface area contributed by atoms with Crippen LogP contribution in [0.2, 0.25) is 0 Å². The molecule has 3 N–H and O–H groups in total. The molecule has 1 amide bonds. The van der Waals surface area contributed by atoms with Crippen molar-refractivity contribution in [3.63, 3.8) is 0 Å². The highest BCUT2D eigenvalue weighted by molar-refractivity contribution is 5.87. The second-order valence-corrected chi connectivity index (χ2v) is 6.32. The molecule has 0 spiro atoms. The van der Waals surface area contributed by atoms with Crippen LogP contribution < -0.4 is 11.1 Å². The van der Waals surface area contributed by atoms with E-state index in [1.807, 2.05) is 18.2 Å². The van der Waals surface area contributed by atoms with Crippen LogP contribution >= 0.6 is 0 Å². The zero-order chi connectivity index (χ0) is 14.9. The van der Waals surface area contributed by atoms with Crippen LogP contribution in [0.15, 0.2) is 42.5 Å². The number of benzene rings is 2. The summed E-state index contributed by atoms with van der Waals surface area (Å²) < 4.78 is 0. The Morgan fingerprint density at radius 2 is 1.95 bits per heavy atom. The van der Waals surface area contributed by atoms with Gasteiger partial charge in [0.2, 0.25) is 5.91 Å². The normalized spacial score (nSPS) is 24.6. The highest BCUT2D eigenvalue weighted by Crippen LogP contribution is 2.44. The fourth-order valence-corrected chi connectivity index (χ4v) is 3.53. The lowest BCUT2D eigenvalue weighted by atomic mass is 9.62. The molecule has 0 unspecified atom stereocenters. The minimum Gasteiger partial charge on any atom is -0.351 e. The van der Waals surface area contributed by atoms with E-state index in [1.54, 1.807) is 0 Å². The zero-order valence-corrected chi connectivity index (χ0v) is 12.4. The number of rotatable bonds is 4. The van der Waals surface area contributed by atoms with E-state index >= 15 is 0 Å². The lowest BCUT2D eigenvalue weighted by Crippen LogP contribution is -2.53. The van der Waals surface area contributed by atoms with Crippen molar-refractivity contribution in [3.8, 4) is 0 Å². The highest BCUT2D eigenvalue weighted by atomic mass is 16.2. The van der Waals surface area contributed by atoms with Gasteiger partial charge >= 0.3 is 0 Å². The largest absolute Gasteiger partial charge is 0.351 e. The summed E-state index contributed by atoms with van der Waals surface area (Å²) in [6.07, 6.45) is 1.82. The Labute approximate surface area is 125 Å². The Bertz CT molecular complexity index is 654. The Hall–Kier alpha value is -1.87. The van der Waals surface area contributed by atoms with Crippen LogP contribution in [-0.4, -0.2) is 12.5 Å². The fraction of sp³-hybridized carbons (Fsp3) is 0.389. The quantitative estimate of drug-likeness (QED) is 0.906. The number of fused-ring (bicyclic) bond motifs is 1. The highest BCUT2D eigenvalue weighted by Gasteiger charge is 2.46. The van der Waals surface area contributed by atoms with Crippen LogP contribution in [-0.2, 0) is 11.3 Å². The monoisotopic (exact) mass is 282 g/mol. The van der Waals surface area contributed by atoms with Crippen molar-refractivity contribution in [1.29, 1.82) is 0 Å². The van der Waals surface area contributed by atoms with Gasteiger partial charge in [0.25, 0.3) is 0 Å². The molecule has 0 bridgehead atoms. The van der Waals surface area contributed by atoms with Crippen LogP contribution in [0.5, 0.6) is 0 Å². The van der Waals surface area contributed by atoms with Gasteiger partial charge in [-0.2, -0.15) is 0 Å². The first-order chi connectivity index (χ1) is 10.1. The minimum absolute atomic E-state index is 0.107. The Balaban J connectivity index is 1.73. The van der Waals surface area contributed by atoms with Crippen LogP contribution in [0.25, 0.3) is 10.8 Å². The molecule has 110 valence electrons. The molecule has 0 heterocycles. The summed E-state index contributed by atoms with van der Waals surface area (Å²) in [5.41, 5.74) is 6.65. The summed E-state index contributed by atoms with van der Waals surface area (Å²) in [7, 11) is 0. The molecule has 1 fully saturated rings. The van der Waals surface area contributed by atoms with Gasteiger partial charge in [0, 0.05) is 13.1 Å². The van der Waals surface area contributed by atoms with Gasteiger partial charge in [-0.3, -0.25) is 4.79 Å². The van der Waals surface area contributed by atoms with E-state index in [4.69, 9.17) is 5.73 Å². The zero-order valence-electron chi connectivity index (χ0n) is 12.4. The fourth-order valence-electron chi connectivity index (χ4n) is 3.53. The predicted molar refractivity (Wildman–Crippen MR) is 85.7 cm³/mol. The van der Waals surface area contributed by atoms with E-state index in [0.29, 0.717) is 19.0 Å². The second kappa shape index (κ2) is 5.49. The smallest absolute Gasteiger partial charge is 0.227 e. The summed E-state index contributed by atoms with van der Waals surface area (Å²) in [5.74, 6) is 0.716. The first-order valence-electron chi connectivity index (χ1n) is 7.60. The summed E-state index contributed by atoms with van der Waals surface area (Å²) in [4.78, 5) is 12.4. The standard InChI is InChI=1S/C18H22N2O/c1-13-9-18(10-13,12-19)17(21)20-11-15-7-4-6-14-5-2-3-8-16(14)15/h2-8,13H,9-12,19H2,1H3,(H,20,21). The third kappa shape index (κ3) is 2.54. The number of carbonyl (C=O) groups is 1. The summed E-state index contributed by atoms with van der Waals surface area (Å²) in [6, 6.07) is 14.5. The summed E-state index contributed by atoms with van der Waals surface area (Å²) in [6.45, 7) is 3.18. The SMILES string of the molecule is CC1CC(CN)(C(=O)NCc2cccc3ccccc23)C1. The van der Waals surface area contributed by atoms with Crippen LogP contribution in [0.4, 0.5) is 0 Å². The van der Waals surface area contributed by atoms with Crippen molar-refractivity contribution in [2.45, 2.75) is 26.3 Å². The molecular formula is C18H22N2O. The molecule has 1 aliphatic rings. The van der Waals surface area contributed by atoms with Gasteiger partial charge in [-0.15, -0.1) is 0 Å². The number of hydrogen-bond donors (Lipinski definition) is 2. The average molecular weight is 282 g/mol. The molecule has 3 rings (SSSR count). The predicted octanol–water partition coefficient (Wildman–Crippen LogP) is 2.83. The maximum Gasteiger partial charge on any atom is 0.227 e. The lowest BCUT2D eigenvalue weighted by Gasteiger charge is -2.44. The number of nitrogens with one attached hydrogen (secondary N) is 1. The molecule has 3 heteroatoms. The molecule has 2 aromatic rings. The van der Waals surface area contributed by atoms with Crippen molar-refractivity contribution in [3.05, 3.63) is 48.0 Å². The molecule has 21 heavy (non-hydrogen) atoms. The van der Waals surface area contributed by atoms with E-state index in [-0.39, 0.29) is 11.3 Å². The first-order valence-corrected chi connectivity index (χ1v) is 7.60. The van der Waals surface area contributed by atoms with Gasteiger partial charge in [0.15, 0.2) is 0 Å². The molecule has 3 nitrogen and oxygen atoms in total. The van der Waals surface area contributed by atoms with Gasteiger partial charge in [-0.1, -0.05) is 49.4 Å². The van der Waals surface area contributed by atoms with Crippen molar-refractivity contribution >= 4 is 16.7 Å². The van der Waals surface area contributed by atoms with E-state index in [9.17, 15) is 4.79 Å². The molecule has 0 atom stereocenters. The lowest BCUT2D eigenvalue weighted by molar-refractivity contribution is -0.138. The van der Waals surface area contributed by atoms with E-state index in [2.05, 4.69) is 36.5 Å². The number of nitrogens with two attached hydrogens (primary N) is 1. The molecule has 2 aromatic carbocycles. The molecule has 0 aliphatic heterocycles. The maximum atomic E-state index is 12.4. The third-order valence-corrected chi connectivity index (χ3v) is 4.67. The van der Waals surface area contributed by atoms with Crippen molar-refractivity contribution in [1.82, 2.24) is 5.32 Å². The third-order valence-electron chi connectivity index (χ3n) is 4.67. The van der Waals surface area contributed by atoms with Crippen molar-refractivity contribution in [2.24, 2.45) is 17.1 Å². The van der Waals surface area contributed by atoms with Crippen molar-refractivity contribution in [2.75, 3.05) is 6.54 Å². The Kier molecular flexibility index (Phi) is 3.68. The topological polar surface area (TPSA) is 55.1 Å². The molecule has 0 saturated heterocycles. The van der Waals surface area contributed by atoms with Crippen LogP contribution in [0.1, 0.15) is 25.3 Å². The Morgan fingerprint density at radius 1 is 1.24 bits per heavy atom. The number of hydrogen-bond acceptors (Lipinski definition) is 2. The van der Waals surface area contributed by atoms with E-state index in [1.165, 1.54) is 10.8 Å². The van der Waals surface area contributed by atoms with Crippen molar-refractivity contribution < 1.29 is 4.79 Å². The van der Waals surface area contributed by atoms with E-state index < -0.39 is 0 Å². The molecule has 1 saturated carbocycles. The summed E-state index contributed by atoms with van der Waals surface area (Å²) >= 11 is 0. The summed E-state index contributed by atoms with van der Waals surface area (Å²) in [5, 5.41) is 5.49. The molecule has 0 radical (unpaired) electrons. The van der Waals surface area contributed by atoms with Gasteiger partial charge in [-0.05, 0) is 35.1 Å².